The second-order valence-electron chi connectivity index (χ2n) is 13.3. The first kappa shape index (κ1) is 34.3. The molecule has 9 heteroatoms. The number of carbonyl (C=O) groups excluding carboxylic acids is 2. The minimum Gasteiger partial charge on any atom is -0.477 e. The van der Waals surface area contributed by atoms with Gasteiger partial charge in [0.1, 0.15) is 0 Å². The maximum absolute atomic E-state index is 13.7. The van der Waals surface area contributed by atoms with Crippen molar-refractivity contribution in [3.05, 3.63) is 101 Å². The zero-order chi connectivity index (χ0) is 33.6. The molecule has 0 heterocycles. The summed E-state index contributed by atoms with van der Waals surface area (Å²) in [5.74, 6) is -6.20. The Labute approximate surface area is 269 Å². The summed E-state index contributed by atoms with van der Waals surface area (Å²) in [4.78, 5) is 38.3. The number of allylic oxidation sites excluding steroid dienone is 2. The van der Waals surface area contributed by atoms with Crippen molar-refractivity contribution in [1.29, 1.82) is 0 Å². The van der Waals surface area contributed by atoms with Crippen molar-refractivity contribution in [2.45, 2.75) is 72.3 Å². The van der Waals surface area contributed by atoms with E-state index < -0.39 is 24.3 Å². The molecule has 3 aromatic carbocycles. The van der Waals surface area contributed by atoms with Crippen LogP contribution in [0.4, 0.5) is 25.0 Å². The van der Waals surface area contributed by atoms with Crippen LogP contribution in [0.25, 0.3) is 5.57 Å². The van der Waals surface area contributed by atoms with Gasteiger partial charge in [-0.05, 0) is 95.2 Å². The van der Waals surface area contributed by atoms with Gasteiger partial charge in [0.05, 0.1) is 13.1 Å². The van der Waals surface area contributed by atoms with Crippen LogP contribution in [0.1, 0.15) is 86.8 Å². The number of alkyl halides is 2. The summed E-state index contributed by atoms with van der Waals surface area (Å²) in [5.41, 5.74) is 5.99. The second kappa shape index (κ2) is 14.3. The van der Waals surface area contributed by atoms with Gasteiger partial charge in [-0.3, -0.25) is 9.69 Å². The SMILES string of the molecule is CC(C)c1ccc(NC(=O)N(Cc2ccc(C(=O)NCC(F)(F)C(=O)O)cc2)c2ccc(C3=CCC(C(C)(C)C)CC3)cc2)cc1. The smallest absolute Gasteiger partial charge is 0.376 e. The molecule has 0 saturated heterocycles. The number of urea groups is 1. The van der Waals surface area contributed by atoms with Crippen LogP contribution in [0.15, 0.2) is 78.9 Å². The van der Waals surface area contributed by atoms with E-state index in [4.69, 9.17) is 5.11 Å². The topological polar surface area (TPSA) is 98.7 Å². The van der Waals surface area contributed by atoms with Gasteiger partial charge in [-0.1, -0.05) is 77.1 Å². The highest BCUT2D eigenvalue weighted by atomic mass is 19.3. The standard InChI is InChI=1S/C37H43F2N3O4/c1-24(2)26-12-18-31(19-13-26)41-35(46)42(22-25-6-8-29(9-7-25)33(43)40-23-37(38,39)34(44)45)32-20-14-28(15-21-32)27-10-16-30(17-11-27)36(3,4)5/h6-10,12-15,18-21,24,30H,11,16-17,22-23H2,1-5H3,(H,40,43)(H,41,46)(H,44,45). The lowest BCUT2D eigenvalue weighted by Crippen LogP contribution is -2.42. The summed E-state index contributed by atoms with van der Waals surface area (Å²) in [7, 11) is 0. The Hall–Kier alpha value is -4.53. The van der Waals surface area contributed by atoms with Crippen molar-refractivity contribution in [2.75, 3.05) is 16.8 Å². The number of carboxylic acids is 1. The van der Waals surface area contributed by atoms with Crippen molar-refractivity contribution in [2.24, 2.45) is 11.3 Å². The van der Waals surface area contributed by atoms with Crippen LogP contribution in [-0.4, -0.2) is 35.5 Å². The lowest BCUT2D eigenvalue weighted by atomic mass is 9.72. The molecule has 1 unspecified atom stereocenters. The summed E-state index contributed by atoms with van der Waals surface area (Å²) >= 11 is 0. The predicted octanol–water partition coefficient (Wildman–Crippen LogP) is 8.73. The molecule has 3 amide bonds. The Kier molecular flexibility index (Phi) is 10.7. The molecule has 0 bridgehead atoms. The Morgan fingerprint density at radius 1 is 0.935 bits per heavy atom. The number of nitrogens with one attached hydrogen (secondary N) is 2. The largest absolute Gasteiger partial charge is 0.477 e. The van der Waals surface area contributed by atoms with Gasteiger partial charge < -0.3 is 15.7 Å². The number of hydrogen-bond acceptors (Lipinski definition) is 3. The van der Waals surface area contributed by atoms with Crippen LogP contribution >= 0.6 is 0 Å². The Morgan fingerprint density at radius 3 is 2.09 bits per heavy atom. The molecule has 0 radical (unpaired) electrons. The molecular formula is C37H43F2N3O4. The van der Waals surface area contributed by atoms with Crippen molar-refractivity contribution >= 4 is 34.9 Å². The molecule has 7 nitrogen and oxygen atoms in total. The summed E-state index contributed by atoms with van der Waals surface area (Å²) < 4.78 is 26.8. The van der Waals surface area contributed by atoms with Crippen molar-refractivity contribution < 1.29 is 28.3 Å². The second-order valence-corrected chi connectivity index (χ2v) is 13.3. The van der Waals surface area contributed by atoms with Crippen LogP contribution < -0.4 is 15.5 Å². The van der Waals surface area contributed by atoms with Crippen molar-refractivity contribution in [3.63, 3.8) is 0 Å². The van der Waals surface area contributed by atoms with E-state index in [1.807, 2.05) is 53.8 Å². The average molecular weight is 632 g/mol. The monoisotopic (exact) mass is 631 g/mol. The van der Waals surface area contributed by atoms with E-state index >= 15 is 0 Å². The molecular weight excluding hydrogens is 588 g/mol. The number of carboxylic acid groups (broad SMARTS) is 1. The summed E-state index contributed by atoms with van der Waals surface area (Å²) in [6.45, 7) is 9.92. The first-order valence-corrected chi connectivity index (χ1v) is 15.6. The lowest BCUT2D eigenvalue weighted by molar-refractivity contribution is -0.163. The van der Waals surface area contributed by atoms with Crippen LogP contribution in [-0.2, 0) is 11.3 Å². The first-order chi connectivity index (χ1) is 21.6. The summed E-state index contributed by atoms with van der Waals surface area (Å²) in [5, 5.41) is 13.5. The van der Waals surface area contributed by atoms with E-state index in [1.54, 1.807) is 17.0 Å². The molecule has 1 aliphatic rings. The fourth-order valence-electron chi connectivity index (χ4n) is 5.47. The van der Waals surface area contributed by atoms with E-state index in [0.717, 1.165) is 30.4 Å². The zero-order valence-electron chi connectivity index (χ0n) is 27.1. The van der Waals surface area contributed by atoms with Gasteiger partial charge in [0.25, 0.3) is 5.91 Å². The summed E-state index contributed by atoms with van der Waals surface area (Å²) in [6.07, 6.45) is 5.52. The molecule has 3 aromatic rings. The number of aliphatic carboxylic acids is 1. The van der Waals surface area contributed by atoms with Crippen LogP contribution in [0, 0.1) is 11.3 Å². The van der Waals surface area contributed by atoms with Gasteiger partial charge in [0.15, 0.2) is 0 Å². The highest BCUT2D eigenvalue weighted by molar-refractivity contribution is 6.02. The molecule has 4 rings (SSSR count). The predicted molar refractivity (Wildman–Crippen MR) is 178 cm³/mol. The zero-order valence-corrected chi connectivity index (χ0v) is 27.1. The average Bonchev–Trinajstić information content (AvgIpc) is 3.02. The maximum atomic E-state index is 13.7. The Balaban J connectivity index is 1.53. The Morgan fingerprint density at radius 2 is 1.57 bits per heavy atom. The fourth-order valence-corrected chi connectivity index (χ4v) is 5.47. The Bertz CT molecular complexity index is 1560. The van der Waals surface area contributed by atoms with Gasteiger partial charge in [-0.2, -0.15) is 8.78 Å². The minimum absolute atomic E-state index is 0.0880. The van der Waals surface area contributed by atoms with E-state index in [-0.39, 0.29) is 23.6 Å². The third-order valence-electron chi connectivity index (χ3n) is 8.60. The molecule has 1 aliphatic carbocycles. The minimum atomic E-state index is -4.07. The van der Waals surface area contributed by atoms with Gasteiger partial charge in [-0.25, -0.2) is 9.59 Å². The van der Waals surface area contributed by atoms with Crippen LogP contribution in [0.3, 0.4) is 0 Å². The molecule has 3 N–H and O–H groups in total. The number of carbonyl (C=O) groups is 3. The van der Waals surface area contributed by atoms with E-state index in [1.165, 1.54) is 17.7 Å². The molecule has 0 fully saturated rings. The van der Waals surface area contributed by atoms with Gasteiger partial charge in [0.2, 0.25) is 0 Å². The van der Waals surface area contributed by atoms with Crippen molar-refractivity contribution in [3.8, 4) is 0 Å². The van der Waals surface area contributed by atoms with Crippen molar-refractivity contribution in [1.82, 2.24) is 5.32 Å². The number of benzene rings is 3. The lowest BCUT2D eigenvalue weighted by Gasteiger charge is -2.33. The molecule has 0 aromatic heterocycles. The molecule has 0 aliphatic heterocycles. The number of nitrogens with zero attached hydrogens (tertiary/aromatic N) is 1. The number of halogens is 2. The molecule has 244 valence electrons. The van der Waals surface area contributed by atoms with E-state index in [0.29, 0.717) is 28.8 Å². The number of anilines is 2. The van der Waals surface area contributed by atoms with E-state index in [9.17, 15) is 23.2 Å². The highest BCUT2D eigenvalue weighted by Crippen LogP contribution is 2.40. The van der Waals surface area contributed by atoms with Crippen LogP contribution in [0.2, 0.25) is 0 Å². The van der Waals surface area contributed by atoms with E-state index in [2.05, 4.69) is 46.0 Å². The van der Waals surface area contributed by atoms with Gasteiger partial charge >= 0.3 is 17.9 Å². The van der Waals surface area contributed by atoms with Crippen LogP contribution in [0.5, 0.6) is 0 Å². The van der Waals surface area contributed by atoms with Gasteiger partial charge in [0, 0.05) is 16.9 Å². The number of amides is 3. The highest BCUT2D eigenvalue weighted by Gasteiger charge is 2.39. The molecule has 1 atom stereocenters. The first-order valence-electron chi connectivity index (χ1n) is 15.6. The summed E-state index contributed by atoms with van der Waals surface area (Å²) in [6, 6.07) is 21.5. The number of rotatable bonds is 10. The number of hydrogen-bond donors (Lipinski definition) is 3. The normalized spacial score (nSPS) is 15.2. The fraction of sp³-hybridized carbons (Fsp3) is 0.378. The maximum Gasteiger partial charge on any atom is 0.376 e. The van der Waals surface area contributed by atoms with Gasteiger partial charge in [-0.15, -0.1) is 0 Å². The molecule has 46 heavy (non-hydrogen) atoms. The third kappa shape index (κ3) is 8.80. The quantitative estimate of drug-likeness (QED) is 0.208. The molecule has 0 saturated carbocycles. The third-order valence-corrected chi connectivity index (χ3v) is 8.60. The molecule has 0 spiro atoms.